The summed E-state index contributed by atoms with van der Waals surface area (Å²) in [5.74, 6) is -0.102. The summed E-state index contributed by atoms with van der Waals surface area (Å²) in [7, 11) is 0. The van der Waals surface area contributed by atoms with Gasteiger partial charge in [0.25, 0.3) is 0 Å². The van der Waals surface area contributed by atoms with Gasteiger partial charge in [-0.25, -0.2) is 0 Å². The third-order valence-corrected chi connectivity index (χ3v) is 4.01. The van der Waals surface area contributed by atoms with Crippen LogP contribution in [0, 0.1) is 0 Å². The molecule has 1 aromatic rings. The molecule has 2 nitrogen and oxygen atoms in total. The maximum absolute atomic E-state index is 11.7. The van der Waals surface area contributed by atoms with Crippen molar-refractivity contribution in [2.45, 2.75) is 19.8 Å². The van der Waals surface area contributed by atoms with Crippen LogP contribution < -0.4 is 5.43 Å². The highest BCUT2D eigenvalue weighted by Gasteiger charge is 2.15. The second-order valence-electron chi connectivity index (χ2n) is 3.40. The summed E-state index contributed by atoms with van der Waals surface area (Å²) in [4.78, 5) is 11.7. The molecule has 0 aliphatic heterocycles. The lowest BCUT2D eigenvalue weighted by Crippen LogP contribution is -2.02. The van der Waals surface area contributed by atoms with Crippen LogP contribution >= 0.6 is 47.8 Å². The van der Waals surface area contributed by atoms with Crippen LogP contribution in [0.15, 0.2) is 24.3 Å². The van der Waals surface area contributed by atoms with Gasteiger partial charge in [0.05, 0.1) is 8.95 Å². The van der Waals surface area contributed by atoms with Gasteiger partial charge in [0.1, 0.15) is 0 Å². The van der Waals surface area contributed by atoms with Gasteiger partial charge >= 0.3 is 0 Å². The van der Waals surface area contributed by atoms with Crippen molar-refractivity contribution < 1.29 is 5.11 Å². The van der Waals surface area contributed by atoms with E-state index in [0.29, 0.717) is 8.95 Å². The van der Waals surface area contributed by atoms with Crippen LogP contribution in [0.25, 0.3) is 0 Å². The molecule has 0 amide bonds. The molecule has 0 bridgehead atoms. The Labute approximate surface area is 113 Å². The average molecular weight is 401 g/mol. The highest BCUT2D eigenvalue weighted by molar-refractivity contribution is 9.11. The SMILES string of the molecule is CC(C)c1c(Br)cc(Br)c(O)c(=O)c1Br. The van der Waals surface area contributed by atoms with Crippen molar-refractivity contribution in [1.29, 1.82) is 0 Å². The number of rotatable bonds is 1. The van der Waals surface area contributed by atoms with E-state index in [-0.39, 0.29) is 11.7 Å². The Hall–Kier alpha value is 0.130. The summed E-state index contributed by atoms with van der Waals surface area (Å²) in [5.41, 5.74) is 0.442. The molecular weight excluding hydrogens is 392 g/mol. The fourth-order valence-corrected chi connectivity index (χ4v) is 3.95. The molecule has 15 heavy (non-hydrogen) atoms. The molecule has 0 spiro atoms. The minimum atomic E-state index is -0.406. The van der Waals surface area contributed by atoms with Gasteiger partial charge in [-0.15, -0.1) is 0 Å². The summed E-state index contributed by atoms with van der Waals surface area (Å²) in [6.07, 6.45) is 0. The lowest BCUT2D eigenvalue weighted by Gasteiger charge is -2.06. The molecule has 0 atom stereocenters. The quantitative estimate of drug-likeness (QED) is 0.768. The average Bonchev–Trinajstić information content (AvgIpc) is 2.19. The lowest BCUT2D eigenvalue weighted by atomic mass is 10.1. The largest absolute Gasteiger partial charge is 0.503 e. The zero-order chi connectivity index (χ0) is 11.7. The van der Waals surface area contributed by atoms with Gasteiger partial charge in [-0.1, -0.05) is 29.8 Å². The smallest absolute Gasteiger partial charge is 0.235 e. The molecule has 5 heteroatoms. The van der Waals surface area contributed by atoms with E-state index in [1.807, 2.05) is 13.8 Å². The summed E-state index contributed by atoms with van der Waals surface area (Å²) < 4.78 is 1.56. The van der Waals surface area contributed by atoms with E-state index < -0.39 is 5.43 Å². The number of hydrogen-bond donors (Lipinski definition) is 1. The second-order valence-corrected chi connectivity index (χ2v) is 5.90. The predicted octanol–water partition coefficient (Wildman–Crippen LogP) is 4.16. The molecule has 0 fully saturated rings. The van der Waals surface area contributed by atoms with Crippen LogP contribution in [0.3, 0.4) is 0 Å². The number of hydrogen-bond acceptors (Lipinski definition) is 2. The molecule has 1 N–H and O–H groups in total. The maximum atomic E-state index is 11.7. The monoisotopic (exact) mass is 398 g/mol. The van der Waals surface area contributed by atoms with Gasteiger partial charge < -0.3 is 5.11 Å². The maximum Gasteiger partial charge on any atom is 0.235 e. The Kier molecular flexibility index (Phi) is 4.38. The summed E-state index contributed by atoms with van der Waals surface area (Å²) in [6, 6.07) is 1.68. The second kappa shape index (κ2) is 4.97. The highest BCUT2D eigenvalue weighted by Crippen LogP contribution is 2.33. The first kappa shape index (κ1) is 13.2. The first-order valence-corrected chi connectivity index (χ1v) is 6.64. The molecule has 0 aromatic heterocycles. The Morgan fingerprint density at radius 1 is 1.20 bits per heavy atom. The molecule has 0 saturated carbocycles. The zero-order valence-corrected chi connectivity index (χ0v) is 12.9. The van der Waals surface area contributed by atoms with Crippen molar-refractivity contribution in [2.24, 2.45) is 0 Å². The van der Waals surface area contributed by atoms with Crippen LogP contribution in [0.5, 0.6) is 5.75 Å². The van der Waals surface area contributed by atoms with E-state index in [2.05, 4.69) is 47.8 Å². The molecule has 0 unspecified atom stereocenters. The summed E-state index contributed by atoms with van der Waals surface area (Å²) >= 11 is 9.75. The van der Waals surface area contributed by atoms with E-state index in [9.17, 15) is 9.90 Å². The van der Waals surface area contributed by atoms with Crippen molar-refractivity contribution in [3.63, 3.8) is 0 Å². The zero-order valence-electron chi connectivity index (χ0n) is 8.14. The standard InChI is InChI=1S/C10H9Br3O2/c1-4(2)7-5(11)3-6(12)9(14)10(15)8(7)13/h3-4H,1-2H3,(H,14,15). The molecule has 82 valence electrons. The first-order chi connectivity index (χ1) is 6.86. The van der Waals surface area contributed by atoms with E-state index in [0.717, 1.165) is 10.0 Å². The molecule has 0 saturated heterocycles. The van der Waals surface area contributed by atoms with Crippen LogP contribution in [0.1, 0.15) is 25.3 Å². The Bertz CT molecular complexity index is 455. The van der Waals surface area contributed by atoms with Gasteiger partial charge in [-0.2, -0.15) is 0 Å². The fourth-order valence-electron chi connectivity index (χ4n) is 1.23. The number of halogens is 3. The molecule has 0 aliphatic carbocycles. The Morgan fingerprint density at radius 2 is 1.73 bits per heavy atom. The Morgan fingerprint density at radius 3 is 2.20 bits per heavy atom. The topological polar surface area (TPSA) is 37.3 Å². The molecule has 1 aromatic carbocycles. The predicted molar refractivity (Wildman–Crippen MR) is 71.6 cm³/mol. The third-order valence-electron chi connectivity index (χ3n) is 1.97. The van der Waals surface area contributed by atoms with Gasteiger partial charge in [0.15, 0.2) is 5.75 Å². The third kappa shape index (κ3) is 2.63. The molecule has 0 radical (unpaired) electrons. The van der Waals surface area contributed by atoms with Crippen LogP contribution in [-0.4, -0.2) is 5.11 Å². The molecule has 0 aliphatic rings. The van der Waals surface area contributed by atoms with Gasteiger partial charge in [-0.05, 0) is 49.4 Å². The van der Waals surface area contributed by atoms with Gasteiger partial charge in [0, 0.05) is 4.47 Å². The van der Waals surface area contributed by atoms with Crippen molar-refractivity contribution >= 4 is 47.8 Å². The van der Waals surface area contributed by atoms with Crippen molar-refractivity contribution in [2.75, 3.05) is 0 Å². The number of aromatic hydroxyl groups is 1. The minimum absolute atomic E-state index is 0.181. The van der Waals surface area contributed by atoms with Gasteiger partial charge in [0.2, 0.25) is 5.43 Å². The van der Waals surface area contributed by atoms with E-state index in [1.54, 1.807) is 6.07 Å². The summed E-state index contributed by atoms with van der Waals surface area (Å²) in [5, 5.41) is 9.57. The molecular formula is C10H9Br3O2. The normalized spacial score (nSPS) is 10.8. The van der Waals surface area contributed by atoms with Crippen LogP contribution in [0.2, 0.25) is 0 Å². The Balaban J connectivity index is 3.80. The van der Waals surface area contributed by atoms with E-state index in [4.69, 9.17) is 0 Å². The lowest BCUT2D eigenvalue weighted by molar-refractivity contribution is 0.467. The van der Waals surface area contributed by atoms with E-state index in [1.165, 1.54) is 0 Å². The van der Waals surface area contributed by atoms with E-state index >= 15 is 0 Å². The van der Waals surface area contributed by atoms with Crippen LogP contribution in [-0.2, 0) is 0 Å². The van der Waals surface area contributed by atoms with Crippen LogP contribution in [0.4, 0.5) is 0 Å². The molecule has 0 heterocycles. The van der Waals surface area contributed by atoms with Gasteiger partial charge in [-0.3, -0.25) is 4.79 Å². The van der Waals surface area contributed by atoms with Crippen molar-refractivity contribution in [1.82, 2.24) is 0 Å². The highest BCUT2D eigenvalue weighted by atomic mass is 79.9. The fraction of sp³-hybridized carbons (Fsp3) is 0.300. The molecule has 1 rings (SSSR count). The summed E-state index contributed by atoms with van der Waals surface area (Å²) in [6.45, 7) is 3.96. The van der Waals surface area contributed by atoms with Crippen molar-refractivity contribution in [3.8, 4) is 5.75 Å². The van der Waals surface area contributed by atoms with Crippen molar-refractivity contribution in [3.05, 3.63) is 35.3 Å². The minimum Gasteiger partial charge on any atom is -0.503 e. The first-order valence-electron chi connectivity index (χ1n) is 4.27.